The highest BCUT2D eigenvalue weighted by Gasteiger charge is 2.25. The Hall–Kier alpha value is -2.15. The number of hydrogen-bond donors (Lipinski definition) is 0. The molecule has 0 aliphatic heterocycles. The van der Waals surface area contributed by atoms with Crippen LogP contribution in [0.25, 0.3) is 5.69 Å². The Labute approximate surface area is 101 Å². The summed E-state index contributed by atoms with van der Waals surface area (Å²) in [5.74, 6) is 0. The molecule has 0 radical (unpaired) electrons. The van der Waals surface area contributed by atoms with Crippen LogP contribution in [-0.4, -0.2) is 15.0 Å². The lowest BCUT2D eigenvalue weighted by atomic mass is 9.90. The van der Waals surface area contributed by atoms with Crippen LogP contribution in [0.1, 0.15) is 32.2 Å². The van der Waals surface area contributed by atoms with Gasteiger partial charge in [-0.3, -0.25) is 0 Å². The van der Waals surface area contributed by atoms with Gasteiger partial charge in [-0.05, 0) is 12.1 Å². The first-order valence-electron chi connectivity index (χ1n) is 5.46. The van der Waals surface area contributed by atoms with Crippen LogP contribution in [0.2, 0.25) is 0 Å². The highest BCUT2D eigenvalue weighted by Crippen LogP contribution is 2.26. The molecule has 2 rings (SSSR count). The summed E-state index contributed by atoms with van der Waals surface area (Å²) in [6.07, 6.45) is 0. The Kier molecular flexibility index (Phi) is 2.68. The second-order valence-electron chi connectivity index (χ2n) is 4.90. The van der Waals surface area contributed by atoms with E-state index in [0.29, 0.717) is 5.69 Å². The monoisotopic (exact) mass is 226 g/mol. The minimum Gasteiger partial charge on any atom is -0.216 e. The van der Waals surface area contributed by atoms with Crippen LogP contribution in [0.15, 0.2) is 30.3 Å². The molecule has 1 aromatic carbocycles. The van der Waals surface area contributed by atoms with Gasteiger partial charge in [-0.1, -0.05) is 44.2 Å². The zero-order valence-corrected chi connectivity index (χ0v) is 10.2. The third-order valence-electron chi connectivity index (χ3n) is 2.49. The maximum atomic E-state index is 9.08. The van der Waals surface area contributed by atoms with Crippen LogP contribution in [0, 0.1) is 11.3 Å². The lowest BCUT2D eigenvalue weighted by molar-refractivity contribution is 0.541. The van der Waals surface area contributed by atoms with E-state index in [0.717, 1.165) is 11.4 Å². The molecule has 0 spiro atoms. The van der Waals surface area contributed by atoms with Crippen molar-refractivity contribution in [2.45, 2.75) is 26.2 Å². The minimum atomic E-state index is -0.176. The Morgan fingerprint density at radius 1 is 1.18 bits per heavy atom. The highest BCUT2D eigenvalue weighted by molar-refractivity contribution is 5.39. The van der Waals surface area contributed by atoms with Gasteiger partial charge in [-0.2, -0.15) is 5.26 Å². The van der Waals surface area contributed by atoms with Crippen molar-refractivity contribution < 1.29 is 0 Å². The molecule has 0 bridgehead atoms. The van der Waals surface area contributed by atoms with Crippen LogP contribution in [0.3, 0.4) is 0 Å². The molecule has 0 unspecified atom stereocenters. The molecule has 1 aromatic heterocycles. The number of benzene rings is 1. The van der Waals surface area contributed by atoms with Gasteiger partial charge in [0.15, 0.2) is 5.69 Å². The standard InChI is InChI=1S/C13H14N4/c1-13(2,3)12-11(9-14)15-16-17(12)10-7-5-4-6-8-10/h4-8H,1-3H3. The summed E-state index contributed by atoms with van der Waals surface area (Å²) in [5, 5.41) is 17.1. The Morgan fingerprint density at radius 2 is 1.82 bits per heavy atom. The average Bonchev–Trinajstić information content (AvgIpc) is 2.73. The zero-order valence-electron chi connectivity index (χ0n) is 10.2. The van der Waals surface area contributed by atoms with Gasteiger partial charge in [-0.25, -0.2) is 4.68 Å². The van der Waals surface area contributed by atoms with Crippen LogP contribution in [-0.2, 0) is 5.41 Å². The van der Waals surface area contributed by atoms with Crippen LogP contribution in [0.4, 0.5) is 0 Å². The first-order chi connectivity index (χ1) is 8.04. The number of rotatable bonds is 1. The van der Waals surface area contributed by atoms with E-state index >= 15 is 0 Å². The average molecular weight is 226 g/mol. The third-order valence-corrected chi connectivity index (χ3v) is 2.49. The summed E-state index contributed by atoms with van der Waals surface area (Å²) in [5.41, 5.74) is 1.98. The highest BCUT2D eigenvalue weighted by atomic mass is 15.4. The lowest BCUT2D eigenvalue weighted by Gasteiger charge is -2.19. The van der Waals surface area contributed by atoms with Gasteiger partial charge in [-0.15, -0.1) is 5.10 Å². The smallest absolute Gasteiger partial charge is 0.186 e. The van der Waals surface area contributed by atoms with E-state index in [4.69, 9.17) is 5.26 Å². The molecule has 1 heterocycles. The fraction of sp³-hybridized carbons (Fsp3) is 0.308. The Morgan fingerprint density at radius 3 is 2.35 bits per heavy atom. The summed E-state index contributed by atoms with van der Waals surface area (Å²) in [6, 6.07) is 11.8. The zero-order chi connectivity index (χ0) is 12.5. The molecule has 0 amide bonds. The predicted molar refractivity (Wildman–Crippen MR) is 64.8 cm³/mol. The number of hydrogen-bond acceptors (Lipinski definition) is 3. The van der Waals surface area contributed by atoms with E-state index in [1.807, 2.05) is 51.1 Å². The van der Waals surface area contributed by atoms with Crippen molar-refractivity contribution in [1.82, 2.24) is 15.0 Å². The maximum Gasteiger partial charge on any atom is 0.186 e. The molecule has 0 aliphatic rings. The molecule has 0 N–H and O–H groups in total. The quantitative estimate of drug-likeness (QED) is 0.750. The van der Waals surface area contributed by atoms with E-state index in [9.17, 15) is 0 Å². The van der Waals surface area contributed by atoms with Gasteiger partial charge in [0.2, 0.25) is 0 Å². The number of nitrogens with zero attached hydrogens (tertiary/aromatic N) is 4. The van der Waals surface area contributed by atoms with Crippen LogP contribution in [0.5, 0.6) is 0 Å². The second kappa shape index (κ2) is 4.02. The van der Waals surface area contributed by atoms with E-state index in [1.165, 1.54) is 0 Å². The summed E-state index contributed by atoms with van der Waals surface area (Å²) in [4.78, 5) is 0. The summed E-state index contributed by atoms with van der Waals surface area (Å²) in [6.45, 7) is 6.14. The van der Waals surface area contributed by atoms with Crippen LogP contribution < -0.4 is 0 Å². The molecule has 0 fully saturated rings. The molecule has 0 saturated carbocycles. The minimum absolute atomic E-state index is 0.176. The first kappa shape index (κ1) is 11.3. The largest absolute Gasteiger partial charge is 0.216 e. The fourth-order valence-corrected chi connectivity index (χ4v) is 1.78. The van der Waals surface area contributed by atoms with Crippen molar-refractivity contribution in [2.24, 2.45) is 0 Å². The molecule has 4 heteroatoms. The van der Waals surface area contributed by atoms with E-state index in [1.54, 1.807) is 4.68 Å². The molecular formula is C13H14N4. The Balaban J connectivity index is 2.65. The fourth-order valence-electron chi connectivity index (χ4n) is 1.78. The third kappa shape index (κ3) is 2.04. The van der Waals surface area contributed by atoms with Crippen molar-refractivity contribution in [3.63, 3.8) is 0 Å². The van der Waals surface area contributed by atoms with Crippen molar-refractivity contribution >= 4 is 0 Å². The number of aromatic nitrogens is 3. The van der Waals surface area contributed by atoms with Crippen molar-refractivity contribution in [2.75, 3.05) is 0 Å². The van der Waals surface area contributed by atoms with Crippen molar-refractivity contribution in [3.05, 3.63) is 41.7 Å². The normalized spacial score (nSPS) is 11.2. The second-order valence-corrected chi connectivity index (χ2v) is 4.90. The first-order valence-corrected chi connectivity index (χ1v) is 5.46. The lowest BCUT2D eigenvalue weighted by Crippen LogP contribution is -2.18. The van der Waals surface area contributed by atoms with E-state index in [-0.39, 0.29) is 5.41 Å². The van der Waals surface area contributed by atoms with Gasteiger partial charge in [0.25, 0.3) is 0 Å². The van der Waals surface area contributed by atoms with Crippen LogP contribution >= 0.6 is 0 Å². The number of nitriles is 1. The van der Waals surface area contributed by atoms with Crippen molar-refractivity contribution in [3.8, 4) is 11.8 Å². The van der Waals surface area contributed by atoms with Gasteiger partial charge >= 0.3 is 0 Å². The molecule has 86 valence electrons. The molecule has 0 aliphatic carbocycles. The van der Waals surface area contributed by atoms with Gasteiger partial charge in [0.1, 0.15) is 6.07 Å². The molecule has 4 nitrogen and oxygen atoms in total. The van der Waals surface area contributed by atoms with E-state index < -0.39 is 0 Å². The van der Waals surface area contributed by atoms with E-state index in [2.05, 4.69) is 16.4 Å². The molecule has 2 aromatic rings. The summed E-state index contributed by atoms with van der Waals surface area (Å²) in [7, 11) is 0. The number of para-hydroxylation sites is 1. The van der Waals surface area contributed by atoms with Crippen molar-refractivity contribution in [1.29, 1.82) is 5.26 Å². The summed E-state index contributed by atoms with van der Waals surface area (Å²) < 4.78 is 1.73. The molecule has 0 saturated heterocycles. The van der Waals surface area contributed by atoms with Gasteiger partial charge in [0, 0.05) is 5.41 Å². The topological polar surface area (TPSA) is 54.5 Å². The maximum absolute atomic E-state index is 9.08. The summed E-state index contributed by atoms with van der Waals surface area (Å²) >= 11 is 0. The SMILES string of the molecule is CC(C)(C)c1c(C#N)nnn1-c1ccccc1. The molecular weight excluding hydrogens is 212 g/mol. The van der Waals surface area contributed by atoms with Gasteiger partial charge < -0.3 is 0 Å². The van der Waals surface area contributed by atoms with Gasteiger partial charge in [0.05, 0.1) is 11.4 Å². The predicted octanol–water partition coefficient (Wildman–Crippen LogP) is 2.44. The Bertz CT molecular complexity index is 555. The molecule has 17 heavy (non-hydrogen) atoms. The molecule has 0 atom stereocenters.